The summed E-state index contributed by atoms with van der Waals surface area (Å²) >= 11 is 0. The summed E-state index contributed by atoms with van der Waals surface area (Å²) in [6, 6.07) is 6.70. The topological polar surface area (TPSA) is 39.7 Å². The van der Waals surface area contributed by atoms with E-state index < -0.39 is 11.7 Å². The zero-order valence-corrected chi connectivity index (χ0v) is 17.6. The molecule has 1 saturated carbocycles. The fourth-order valence-electron chi connectivity index (χ4n) is 4.02. The Morgan fingerprint density at radius 2 is 1.93 bits per heavy atom. The van der Waals surface area contributed by atoms with E-state index in [0.29, 0.717) is 18.6 Å². The molecule has 162 valence electrons. The zero-order chi connectivity index (χ0) is 21.1. The van der Waals surface area contributed by atoms with Gasteiger partial charge in [-0.2, -0.15) is 13.2 Å². The third-order valence-electron chi connectivity index (χ3n) is 6.14. The number of guanidine groups is 1. The highest BCUT2D eigenvalue weighted by atomic mass is 19.4. The average Bonchev–Trinajstić information content (AvgIpc) is 3.47. The van der Waals surface area contributed by atoms with Crippen molar-refractivity contribution < 1.29 is 13.2 Å². The lowest BCUT2D eigenvalue weighted by molar-refractivity contribution is -0.137. The Kier molecular flexibility index (Phi) is 6.76. The summed E-state index contributed by atoms with van der Waals surface area (Å²) in [5, 5.41) is 6.83. The molecule has 1 heterocycles. The monoisotopic (exact) mass is 410 g/mol. The Bertz CT molecular complexity index is 702. The smallest absolute Gasteiger partial charge is 0.357 e. The number of aliphatic imine (C=N–C) groups is 1. The summed E-state index contributed by atoms with van der Waals surface area (Å²) in [7, 11) is 0. The van der Waals surface area contributed by atoms with Gasteiger partial charge in [0.2, 0.25) is 0 Å². The van der Waals surface area contributed by atoms with E-state index in [9.17, 15) is 13.2 Å². The molecule has 1 aromatic carbocycles. The second kappa shape index (κ2) is 8.94. The summed E-state index contributed by atoms with van der Waals surface area (Å²) in [6.45, 7) is 9.89. The minimum absolute atomic E-state index is 0.259. The predicted octanol–water partition coefficient (Wildman–Crippen LogP) is 4.16. The van der Waals surface area contributed by atoms with Gasteiger partial charge in [-0.1, -0.05) is 18.2 Å². The highest BCUT2D eigenvalue weighted by Crippen LogP contribution is 2.49. The number of piperidine rings is 1. The highest BCUT2D eigenvalue weighted by Gasteiger charge is 2.45. The molecule has 7 heteroatoms. The number of alkyl halides is 3. The molecule has 3 rings (SSSR count). The summed E-state index contributed by atoms with van der Waals surface area (Å²) in [5.74, 6) is 0.772. The summed E-state index contributed by atoms with van der Waals surface area (Å²) < 4.78 is 39.2. The summed E-state index contributed by atoms with van der Waals surface area (Å²) in [4.78, 5) is 7.24. The van der Waals surface area contributed by atoms with Crippen LogP contribution in [0, 0.1) is 0 Å². The molecule has 2 N–H and O–H groups in total. The van der Waals surface area contributed by atoms with E-state index in [4.69, 9.17) is 4.99 Å². The maximum absolute atomic E-state index is 13.1. The van der Waals surface area contributed by atoms with Gasteiger partial charge in [0.05, 0.1) is 12.1 Å². The van der Waals surface area contributed by atoms with Gasteiger partial charge < -0.3 is 15.5 Å². The van der Waals surface area contributed by atoms with E-state index in [1.807, 2.05) is 6.92 Å². The third-order valence-corrected chi connectivity index (χ3v) is 6.14. The van der Waals surface area contributed by atoms with Gasteiger partial charge in [0.25, 0.3) is 0 Å². The molecule has 1 saturated heterocycles. The van der Waals surface area contributed by atoms with Crippen LogP contribution in [0.2, 0.25) is 0 Å². The van der Waals surface area contributed by atoms with E-state index in [1.165, 1.54) is 12.1 Å². The van der Waals surface area contributed by atoms with Crippen molar-refractivity contribution in [1.29, 1.82) is 0 Å². The molecular formula is C22H33F3N4. The molecular weight excluding hydrogens is 377 g/mol. The highest BCUT2D eigenvalue weighted by molar-refractivity contribution is 5.80. The average molecular weight is 411 g/mol. The van der Waals surface area contributed by atoms with Gasteiger partial charge >= 0.3 is 6.18 Å². The number of rotatable bonds is 6. The van der Waals surface area contributed by atoms with Crippen LogP contribution in [0.5, 0.6) is 0 Å². The number of benzene rings is 1. The van der Waals surface area contributed by atoms with E-state index >= 15 is 0 Å². The Balaban J connectivity index is 1.64. The first kappa shape index (κ1) is 21.9. The molecule has 0 bridgehead atoms. The van der Waals surface area contributed by atoms with Gasteiger partial charge in [0.1, 0.15) is 0 Å². The van der Waals surface area contributed by atoms with Crippen LogP contribution in [0.15, 0.2) is 29.3 Å². The van der Waals surface area contributed by atoms with Crippen LogP contribution in [0.1, 0.15) is 57.6 Å². The van der Waals surface area contributed by atoms with Crippen molar-refractivity contribution in [3.05, 3.63) is 35.4 Å². The largest absolute Gasteiger partial charge is 0.416 e. The van der Waals surface area contributed by atoms with Gasteiger partial charge in [0.15, 0.2) is 5.96 Å². The number of hydrogen-bond acceptors (Lipinski definition) is 2. The van der Waals surface area contributed by atoms with Gasteiger partial charge in [-0.3, -0.25) is 4.99 Å². The number of halogens is 3. The van der Waals surface area contributed by atoms with Crippen LogP contribution in [0.25, 0.3) is 0 Å². The lowest BCUT2D eigenvalue weighted by Gasteiger charge is -2.35. The second-order valence-corrected chi connectivity index (χ2v) is 8.60. The molecule has 0 aromatic heterocycles. The van der Waals surface area contributed by atoms with Gasteiger partial charge in [0, 0.05) is 37.1 Å². The Hall–Kier alpha value is -1.76. The first-order valence-electron chi connectivity index (χ1n) is 10.7. The first-order chi connectivity index (χ1) is 13.7. The molecule has 0 radical (unpaired) electrons. The molecule has 2 aliphatic rings. The van der Waals surface area contributed by atoms with Crippen LogP contribution in [-0.2, 0) is 11.6 Å². The van der Waals surface area contributed by atoms with Crippen LogP contribution < -0.4 is 10.6 Å². The fourth-order valence-corrected chi connectivity index (χ4v) is 4.02. The molecule has 29 heavy (non-hydrogen) atoms. The van der Waals surface area contributed by atoms with Crippen molar-refractivity contribution in [2.45, 2.75) is 70.1 Å². The van der Waals surface area contributed by atoms with Crippen molar-refractivity contribution in [2.24, 2.45) is 4.99 Å². The van der Waals surface area contributed by atoms with Crippen LogP contribution in [0.4, 0.5) is 13.2 Å². The molecule has 1 aliphatic heterocycles. The predicted molar refractivity (Wildman–Crippen MR) is 111 cm³/mol. The summed E-state index contributed by atoms with van der Waals surface area (Å²) in [5.41, 5.74) is -0.0886. The standard InChI is InChI=1S/C22H33F3N4/c1-4-26-20(28-19-8-12-29(13-9-19)16(2)3)27-15-21(10-11-21)17-6-5-7-18(14-17)22(23,24)25/h5-7,14,16,19H,4,8-13,15H2,1-3H3,(H2,26,27,28). The van der Waals surface area contributed by atoms with Crippen molar-refractivity contribution in [1.82, 2.24) is 15.5 Å². The van der Waals surface area contributed by atoms with Crippen LogP contribution in [-0.4, -0.2) is 49.1 Å². The molecule has 0 atom stereocenters. The molecule has 1 aromatic rings. The number of nitrogens with one attached hydrogen (secondary N) is 2. The van der Waals surface area contributed by atoms with E-state index in [-0.39, 0.29) is 5.41 Å². The van der Waals surface area contributed by atoms with Gasteiger partial charge in [-0.05, 0) is 58.1 Å². The Labute approximate surface area is 172 Å². The molecule has 0 amide bonds. The lowest BCUT2D eigenvalue weighted by Crippen LogP contribution is -2.50. The SMILES string of the molecule is CCNC(=NCC1(c2cccc(C(F)(F)F)c2)CC1)NC1CCN(C(C)C)CC1. The number of hydrogen-bond donors (Lipinski definition) is 2. The fraction of sp³-hybridized carbons (Fsp3) is 0.682. The van der Waals surface area contributed by atoms with Crippen molar-refractivity contribution in [3.8, 4) is 0 Å². The minimum atomic E-state index is -4.31. The number of nitrogens with zero attached hydrogens (tertiary/aromatic N) is 2. The molecule has 0 unspecified atom stereocenters. The van der Waals surface area contributed by atoms with Crippen molar-refractivity contribution >= 4 is 5.96 Å². The molecule has 1 aliphatic carbocycles. The van der Waals surface area contributed by atoms with Crippen LogP contribution >= 0.6 is 0 Å². The normalized spacial score (nSPS) is 20.7. The quantitative estimate of drug-likeness (QED) is 0.546. The summed E-state index contributed by atoms with van der Waals surface area (Å²) in [6.07, 6.45) is -0.409. The van der Waals surface area contributed by atoms with Crippen molar-refractivity contribution in [3.63, 3.8) is 0 Å². The minimum Gasteiger partial charge on any atom is -0.357 e. The second-order valence-electron chi connectivity index (χ2n) is 8.60. The Morgan fingerprint density at radius 1 is 1.24 bits per heavy atom. The van der Waals surface area contributed by atoms with E-state index in [2.05, 4.69) is 29.4 Å². The zero-order valence-electron chi connectivity index (χ0n) is 17.6. The molecule has 2 fully saturated rings. The third kappa shape index (κ3) is 5.65. The van der Waals surface area contributed by atoms with Gasteiger partial charge in [-0.15, -0.1) is 0 Å². The van der Waals surface area contributed by atoms with Crippen LogP contribution in [0.3, 0.4) is 0 Å². The molecule has 4 nitrogen and oxygen atoms in total. The molecule has 0 spiro atoms. The maximum atomic E-state index is 13.1. The van der Waals surface area contributed by atoms with E-state index in [1.54, 1.807) is 6.07 Å². The number of likely N-dealkylation sites (tertiary alicyclic amines) is 1. The lowest BCUT2D eigenvalue weighted by atomic mass is 9.94. The maximum Gasteiger partial charge on any atom is 0.416 e. The Morgan fingerprint density at radius 3 is 2.48 bits per heavy atom. The first-order valence-corrected chi connectivity index (χ1v) is 10.7. The van der Waals surface area contributed by atoms with Gasteiger partial charge in [-0.25, -0.2) is 0 Å². The van der Waals surface area contributed by atoms with Crippen molar-refractivity contribution in [2.75, 3.05) is 26.2 Å². The van der Waals surface area contributed by atoms with E-state index in [0.717, 1.165) is 62.9 Å².